The zero-order valence-electron chi connectivity index (χ0n) is 18.7. The van der Waals surface area contributed by atoms with Crippen molar-refractivity contribution >= 4 is 28.5 Å². The predicted molar refractivity (Wildman–Crippen MR) is 122 cm³/mol. The van der Waals surface area contributed by atoms with E-state index in [0.717, 1.165) is 26.9 Å². The van der Waals surface area contributed by atoms with Crippen LogP contribution in [0.4, 0.5) is 4.39 Å². The van der Waals surface area contributed by atoms with Gasteiger partial charge in [-0.05, 0) is 0 Å². The van der Waals surface area contributed by atoms with E-state index in [1.54, 1.807) is 16.1 Å². The first-order valence-electron chi connectivity index (χ1n) is 10.3. The van der Waals surface area contributed by atoms with Gasteiger partial charge in [-0.2, -0.15) is 10.2 Å². The number of fused-ring (bicyclic) bond motifs is 2. The number of allylic oxidation sites excluding steroid dienone is 1. The third-order valence-electron chi connectivity index (χ3n) is 5.35. The lowest BCUT2D eigenvalue weighted by molar-refractivity contribution is -0.143. The third kappa shape index (κ3) is 4.17. The minimum atomic E-state index is -0.367. The summed E-state index contributed by atoms with van der Waals surface area (Å²) in [5, 5.41) is 17.2. The van der Waals surface area contributed by atoms with Gasteiger partial charge in [0.2, 0.25) is 0 Å². The van der Waals surface area contributed by atoms with Crippen LogP contribution >= 0.6 is 11.3 Å². The first-order valence-corrected chi connectivity index (χ1v) is 11.1. The molecule has 11 heteroatoms. The Morgan fingerprint density at radius 3 is 2.84 bits per heavy atom. The van der Waals surface area contributed by atoms with Crippen LogP contribution in [-0.4, -0.2) is 88.0 Å². The Kier molecular flexibility index (Phi) is 6.11. The normalized spacial score (nSPS) is 17.0. The maximum atomic E-state index is 13.8. The van der Waals surface area contributed by atoms with Crippen molar-refractivity contribution < 1.29 is 9.18 Å². The van der Waals surface area contributed by atoms with Gasteiger partial charge < -0.3 is 9.91 Å². The monoisotopic (exact) mass is 458 g/mol. The fraction of sp³-hybridized carbons (Fsp3) is 0.429. The summed E-state index contributed by atoms with van der Waals surface area (Å²) in [4.78, 5) is 21.2. The van der Waals surface area contributed by atoms with Crippen molar-refractivity contribution in [2.45, 2.75) is 19.4 Å². The van der Waals surface area contributed by atoms with Crippen molar-refractivity contribution in [1.82, 2.24) is 35.1 Å². The molecule has 0 bridgehead atoms. The Hall–Kier alpha value is -3.05. The van der Waals surface area contributed by atoms with E-state index in [9.17, 15) is 9.18 Å². The van der Waals surface area contributed by atoms with E-state index in [0.29, 0.717) is 43.9 Å². The average molecular weight is 459 g/mol. The Morgan fingerprint density at radius 2 is 2.19 bits per heavy atom. The van der Waals surface area contributed by atoms with Gasteiger partial charge in [0.05, 0.1) is 40.6 Å². The molecule has 2 aliphatic heterocycles. The van der Waals surface area contributed by atoms with Crippen molar-refractivity contribution in [3.8, 4) is 0 Å². The van der Waals surface area contributed by atoms with Crippen LogP contribution in [0.15, 0.2) is 29.7 Å². The number of nitrogens with one attached hydrogen (secondary N) is 1. The van der Waals surface area contributed by atoms with E-state index < -0.39 is 0 Å². The van der Waals surface area contributed by atoms with Gasteiger partial charge in [0, 0.05) is 53.2 Å². The standard InChI is InChI=1S/C21H27FN8OS/c1-6-7-13(26-27(2)3)10-30-21(31)19-14(11-29(30)5)20-17(12-28(19)4)24-18(32-20)8-16-15(22)9-23-25-16/h6,9H,1,7-8,10-12H2,2-5H3,(H,23,25)/b26-13+. The fourth-order valence-electron chi connectivity index (χ4n) is 4.01. The number of amides is 1. The number of hydrazine groups is 1. The molecular formula is C21H27FN8OS. The lowest BCUT2D eigenvalue weighted by Crippen LogP contribution is -2.54. The van der Waals surface area contributed by atoms with Crippen LogP contribution in [-0.2, 0) is 17.8 Å². The first-order chi connectivity index (χ1) is 15.3. The molecule has 0 radical (unpaired) electrons. The Morgan fingerprint density at radius 1 is 1.41 bits per heavy atom. The fourth-order valence-corrected chi connectivity index (χ4v) is 5.13. The summed E-state index contributed by atoms with van der Waals surface area (Å²) < 4.78 is 13.8. The molecule has 2 aliphatic rings. The van der Waals surface area contributed by atoms with Crippen LogP contribution in [0.5, 0.6) is 0 Å². The summed E-state index contributed by atoms with van der Waals surface area (Å²) in [5.41, 5.74) is 3.75. The number of carbonyl (C=O) groups is 1. The van der Waals surface area contributed by atoms with E-state index in [2.05, 4.69) is 21.9 Å². The Balaban J connectivity index is 1.64. The molecule has 1 amide bonds. The Bertz CT molecular complexity index is 1100. The number of aromatic amines is 1. The molecule has 32 heavy (non-hydrogen) atoms. The second-order valence-corrected chi connectivity index (χ2v) is 9.19. The maximum absolute atomic E-state index is 13.8. The van der Waals surface area contributed by atoms with Crippen LogP contribution in [0.3, 0.4) is 0 Å². The molecule has 0 saturated carbocycles. The molecule has 1 N–H and O–H groups in total. The van der Waals surface area contributed by atoms with E-state index in [4.69, 9.17) is 4.98 Å². The Labute approximate surface area is 190 Å². The molecule has 2 aromatic heterocycles. The largest absolute Gasteiger partial charge is 0.364 e. The smallest absolute Gasteiger partial charge is 0.285 e. The van der Waals surface area contributed by atoms with Gasteiger partial charge in [-0.15, -0.1) is 17.9 Å². The number of aromatic nitrogens is 3. The van der Waals surface area contributed by atoms with Crippen molar-refractivity contribution in [2.24, 2.45) is 5.10 Å². The quantitative estimate of drug-likeness (QED) is 0.388. The number of H-pyrrole nitrogens is 1. The summed E-state index contributed by atoms with van der Waals surface area (Å²) in [6.07, 6.45) is 3.95. The molecule has 4 rings (SSSR count). The van der Waals surface area contributed by atoms with E-state index in [-0.39, 0.29) is 11.7 Å². The number of halogens is 1. The molecule has 2 aromatic rings. The van der Waals surface area contributed by atoms with Crippen molar-refractivity contribution in [1.29, 1.82) is 0 Å². The molecule has 0 aliphatic carbocycles. The van der Waals surface area contributed by atoms with Gasteiger partial charge in [0.1, 0.15) is 11.4 Å². The molecule has 170 valence electrons. The lowest BCUT2D eigenvalue weighted by Gasteiger charge is -2.42. The second kappa shape index (κ2) is 8.83. The first kappa shape index (κ1) is 22.2. The SMILES string of the molecule is C=CC/C(CN1C(=O)C2=C(CN1C)c1sc(Cc3n[nH]cc3F)nc1CN2C)=N\N(C)C. The molecule has 0 fully saturated rings. The third-order valence-corrected chi connectivity index (χ3v) is 6.50. The minimum Gasteiger partial charge on any atom is -0.364 e. The van der Waals surface area contributed by atoms with Gasteiger partial charge in [0.25, 0.3) is 5.91 Å². The summed E-state index contributed by atoms with van der Waals surface area (Å²) in [5.74, 6) is -0.432. The molecule has 4 heterocycles. The number of rotatable bonds is 7. The number of hydrogen-bond acceptors (Lipinski definition) is 8. The molecule has 0 aromatic carbocycles. The van der Waals surface area contributed by atoms with Gasteiger partial charge in [-0.1, -0.05) is 6.08 Å². The zero-order chi connectivity index (χ0) is 23.0. The number of likely N-dealkylation sites (N-methyl/N-ethyl adjacent to an activating group) is 2. The molecule has 0 saturated heterocycles. The van der Waals surface area contributed by atoms with Gasteiger partial charge in [-0.25, -0.2) is 14.4 Å². The second-order valence-electron chi connectivity index (χ2n) is 8.11. The molecule has 0 unspecified atom stereocenters. The van der Waals surface area contributed by atoms with Crippen molar-refractivity contribution in [3.05, 3.63) is 51.6 Å². The van der Waals surface area contributed by atoms with Gasteiger partial charge in [0.15, 0.2) is 5.82 Å². The van der Waals surface area contributed by atoms with E-state index >= 15 is 0 Å². The summed E-state index contributed by atoms with van der Waals surface area (Å²) in [6.45, 7) is 5.30. The van der Waals surface area contributed by atoms with Crippen molar-refractivity contribution in [3.63, 3.8) is 0 Å². The molecule has 9 nitrogen and oxygen atoms in total. The molecule has 0 spiro atoms. The number of nitrogens with zero attached hydrogens (tertiary/aromatic N) is 7. The topological polar surface area (TPSA) is 84.0 Å². The average Bonchev–Trinajstić information content (AvgIpc) is 3.30. The summed E-state index contributed by atoms with van der Waals surface area (Å²) in [6, 6.07) is 0. The zero-order valence-corrected chi connectivity index (χ0v) is 19.5. The highest BCUT2D eigenvalue weighted by Crippen LogP contribution is 2.39. The highest BCUT2D eigenvalue weighted by atomic mass is 32.1. The number of carbonyl (C=O) groups excluding carboxylic acids is 1. The minimum absolute atomic E-state index is 0.0642. The predicted octanol–water partition coefficient (Wildman–Crippen LogP) is 1.94. The molecular weight excluding hydrogens is 431 g/mol. The highest BCUT2D eigenvalue weighted by Gasteiger charge is 2.38. The van der Waals surface area contributed by atoms with Crippen LogP contribution in [0, 0.1) is 5.82 Å². The number of hydrazone groups is 1. The van der Waals surface area contributed by atoms with Crippen LogP contribution in [0.1, 0.15) is 27.7 Å². The molecule has 0 atom stereocenters. The van der Waals surface area contributed by atoms with E-state index in [1.165, 1.54) is 17.5 Å². The maximum Gasteiger partial charge on any atom is 0.285 e. The van der Waals surface area contributed by atoms with Crippen molar-refractivity contribution in [2.75, 3.05) is 41.3 Å². The lowest BCUT2D eigenvalue weighted by atomic mass is 10.0. The van der Waals surface area contributed by atoms with Crippen LogP contribution in [0.2, 0.25) is 0 Å². The number of thiazole rings is 1. The number of hydrogen-bond donors (Lipinski definition) is 1. The van der Waals surface area contributed by atoms with E-state index in [1.807, 2.05) is 38.1 Å². The highest BCUT2D eigenvalue weighted by molar-refractivity contribution is 7.13. The van der Waals surface area contributed by atoms with Crippen LogP contribution in [0.25, 0.3) is 5.57 Å². The van der Waals surface area contributed by atoms with Crippen LogP contribution < -0.4 is 0 Å². The summed E-state index contributed by atoms with van der Waals surface area (Å²) >= 11 is 1.51. The van der Waals surface area contributed by atoms with Gasteiger partial charge in [-0.3, -0.25) is 14.9 Å². The summed E-state index contributed by atoms with van der Waals surface area (Å²) in [7, 11) is 7.53. The van der Waals surface area contributed by atoms with Gasteiger partial charge >= 0.3 is 0 Å².